The van der Waals surface area contributed by atoms with Gasteiger partial charge in [-0.2, -0.15) is 10.2 Å². The number of anilines is 1. The predicted molar refractivity (Wildman–Crippen MR) is 74.7 cm³/mol. The van der Waals surface area contributed by atoms with Crippen molar-refractivity contribution in [1.29, 1.82) is 0 Å². The van der Waals surface area contributed by atoms with Gasteiger partial charge in [0.2, 0.25) is 5.91 Å². The van der Waals surface area contributed by atoms with Crippen molar-refractivity contribution in [3.8, 4) is 0 Å². The lowest BCUT2D eigenvalue weighted by molar-refractivity contribution is -0.111. The van der Waals surface area contributed by atoms with Gasteiger partial charge in [-0.15, -0.1) is 0 Å². The summed E-state index contributed by atoms with van der Waals surface area (Å²) in [4.78, 5) is 11.7. The van der Waals surface area contributed by atoms with Gasteiger partial charge in [-0.1, -0.05) is 0 Å². The highest BCUT2D eigenvalue weighted by Gasteiger charge is 2.01. The molecule has 1 N–H and O–H groups in total. The number of carbonyl (C=O) groups excluding carboxylic acids is 1. The average Bonchev–Trinajstić information content (AvgIpc) is 3.03. The molecule has 0 aliphatic carbocycles. The van der Waals surface area contributed by atoms with Crippen molar-refractivity contribution in [2.45, 2.75) is 13.7 Å². The van der Waals surface area contributed by atoms with Crippen LogP contribution in [0.15, 0.2) is 30.9 Å². The van der Waals surface area contributed by atoms with Crippen LogP contribution in [0.4, 0.5) is 5.69 Å². The second kappa shape index (κ2) is 6.67. The summed E-state index contributed by atoms with van der Waals surface area (Å²) in [6.45, 7) is 2.91. The SMILES string of the molecule is CCOCn1cc(NC(=O)/C=C/c2cnn(C)c2)cn1. The van der Waals surface area contributed by atoms with E-state index in [4.69, 9.17) is 4.74 Å². The lowest BCUT2D eigenvalue weighted by Crippen LogP contribution is -2.07. The third kappa shape index (κ3) is 4.06. The van der Waals surface area contributed by atoms with Crippen molar-refractivity contribution in [2.24, 2.45) is 7.05 Å². The van der Waals surface area contributed by atoms with E-state index in [1.165, 1.54) is 6.08 Å². The van der Waals surface area contributed by atoms with Crippen LogP contribution < -0.4 is 5.32 Å². The minimum Gasteiger partial charge on any atom is -0.360 e. The van der Waals surface area contributed by atoms with E-state index in [0.717, 1.165) is 5.56 Å². The quantitative estimate of drug-likeness (QED) is 0.805. The summed E-state index contributed by atoms with van der Waals surface area (Å²) in [5, 5.41) is 10.8. The Balaban J connectivity index is 1.87. The van der Waals surface area contributed by atoms with Gasteiger partial charge in [0, 0.05) is 31.5 Å². The first-order valence-corrected chi connectivity index (χ1v) is 6.25. The fourth-order valence-corrected chi connectivity index (χ4v) is 1.57. The van der Waals surface area contributed by atoms with Crippen molar-refractivity contribution in [1.82, 2.24) is 19.6 Å². The van der Waals surface area contributed by atoms with Crippen molar-refractivity contribution in [3.05, 3.63) is 36.4 Å². The third-order valence-electron chi connectivity index (χ3n) is 2.48. The zero-order valence-electron chi connectivity index (χ0n) is 11.5. The Morgan fingerprint density at radius 3 is 2.95 bits per heavy atom. The average molecular weight is 275 g/mol. The fourth-order valence-electron chi connectivity index (χ4n) is 1.57. The number of nitrogens with one attached hydrogen (secondary N) is 1. The summed E-state index contributed by atoms with van der Waals surface area (Å²) < 4.78 is 8.50. The molecule has 0 bridgehead atoms. The number of hydrogen-bond acceptors (Lipinski definition) is 4. The second-order valence-corrected chi connectivity index (χ2v) is 4.16. The van der Waals surface area contributed by atoms with E-state index >= 15 is 0 Å². The van der Waals surface area contributed by atoms with Crippen molar-refractivity contribution in [3.63, 3.8) is 0 Å². The van der Waals surface area contributed by atoms with Gasteiger partial charge >= 0.3 is 0 Å². The van der Waals surface area contributed by atoms with Gasteiger partial charge in [0.05, 0.1) is 24.3 Å². The molecule has 1 amide bonds. The van der Waals surface area contributed by atoms with Gasteiger partial charge in [-0.25, -0.2) is 4.68 Å². The number of nitrogens with zero attached hydrogens (tertiary/aromatic N) is 4. The Labute approximate surface area is 116 Å². The molecular weight excluding hydrogens is 258 g/mol. The van der Waals surface area contributed by atoms with E-state index in [1.54, 1.807) is 34.0 Å². The van der Waals surface area contributed by atoms with Gasteiger partial charge < -0.3 is 10.1 Å². The molecule has 0 fully saturated rings. The minimum atomic E-state index is -0.218. The van der Waals surface area contributed by atoms with E-state index in [1.807, 2.05) is 20.2 Å². The highest BCUT2D eigenvalue weighted by atomic mass is 16.5. The minimum absolute atomic E-state index is 0.218. The Morgan fingerprint density at radius 1 is 1.40 bits per heavy atom. The summed E-state index contributed by atoms with van der Waals surface area (Å²) in [5.41, 5.74) is 1.50. The van der Waals surface area contributed by atoms with Crippen molar-refractivity contribution in [2.75, 3.05) is 11.9 Å². The van der Waals surface area contributed by atoms with Crippen LogP contribution in [-0.4, -0.2) is 32.1 Å². The van der Waals surface area contributed by atoms with Crippen molar-refractivity contribution >= 4 is 17.7 Å². The molecule has 20 heavy (non-hydrogen) atoms. The predicted octanol–water partition coefficient (Wildman–Crippen LogP) is 1.26. The Bertz CT molecular complexity index is 599. The molecule has 0 aliphatic rings. The molecule has 0 unspecified atom stereocenters. The first kappa shape index (κ1) is 14.0. The molecule has 0 saturated carbocycles. The van der Waals surface area contributed by atoms with Crippen LogP contribution in [-0.2, 0) is 23.3 Å². The van der Waals surface area contributed by atoms with E-state index in [-0.39, 0.29) is 5.91 Å². The molecule has 0 aliphatic heterocycles. The molecule has 2 aromatic rings. The maximum absolute atomic E-state index is 11.7. The van der Waals surface area contributed by atoms with Crippen LogP contribution in [0.1, 0.15) is 12.5 Å². The smallest absolute Gasteiger partial charge is 0.248 e. The molecule has 0 aromatic carbocycles. The first-order chi connectivity index (χ1) is 9.67. The number of rotatable bonds is 6. The Hall–Kier alpha value is -2.41. The number of aromatic nitrogens is 4. The van der Waals surface area contributed by atoms with Crippen LogP contribution in [0.5, 0.6) is 0 Å². The number of amides is 1. The van der Waals surface area contributed by atoms with Crippen LogP contribution in [0.3, 0.4) is 0 Å². The van der Waals surface area contributed by atoms with Gasteiger partial charge in [-0.3, -0.25) is 9.48 Å². The van der Waals surface area contributed by atoms with Crippen LogP contribution >= 0.6 is 0 Å². The Morgan fingerprint density at radius 2 is 2.25 bits per heavy atom. The van der Waals surface area contributed by atoms with Crippen LogP contribution in [0.2, 0.25) is 0 Å². The van der Waals surface area contributed by atoms with Crippen LogP contribution in [0.25, 0.3) is 6.08 Å². The summed E-state index contributed by atoms with van der Waals surface area (Å²) in [7, 11) is 1.82. The molecule has 0 saturated heterocycles. The second-order valence-electron chi connectivity index (χ2n) is 4.16. The lowest BCUT2D eigenvalue weighted by atomic mass is 10.3. The van der Waals surface area contributed by atoms with E-state index in [2.05, 4.69) is 15.5 Å². The first-order valence-electron chi connectivity index (χ1n) is 6.25. The molecular formula is C13H17N5O2. The van der Waals surface area contributed by atoms with E-state index in [0.29, 0.717) is 19.0 Å². The van der Waals surface area contributed by atoms with Gasteiger partial charge in [0.15, 0.2) is 0 Å². The van der Waals surface area contributed by atoms with E-state index < -0.39 is 0 Å². The van der Waals surface area contributed by atoms with Crippen molar-refractivity contribution < 1.29 is 9.53 Å². The van der Waals surface area contributed by atoms with Gasteiger partial charge in [0.1, 0.15) is 6.73 Å². The molecule has 0 spiro atoms. The van der Waals surface area contributed by atoms with Crippen LogP contribution in [0, 0.1) is 0 Å². The van der Waals surface area contributed by atoms with Gasteiger partial charge in [-0.05, 0) is 13.0 Å². The number of ether oxygens (including phenoxy) is 1. The highest BCUT2D eigenvalue weighted by Crippen LogP contribution is 2.06. The molecule has 0 atom stereocenters. The summed E-state index contributed by atoms with van der Waals surface area (Å²) in [6.07, 6.45) is 9.96. The molecule has 7 nitrogen and oxygen atoms in total. The maximum Gasteiger partial charge on any atom is 0.248 e. The normalized spacial score (nSPS) is 11.1. The zero-order valence-corrected chi connectivity index (χ0v) is 11.5. The van der Waals surface area contributed by atoms with Gasteiger partial charge in [0.25, 0.3) is 0 Å². The standard InChI is InChI=1S/C13H17N5O2/c1-3-20-10-18-9-12(7-15-18)16-13(19)5-4-11-6-14-17(2)8-11/h4-9H,3,10H2,1-2H3,(H,16,19)/b5-4+. The fraction of sp³-hybridized carbons (Fsp3) is 0.308. The summed E-state index contributed by atoms with van der Waals surface area (Å²) in [6, 6.07) is 0. The molecule has 2 heterocycles. The third-order valence-corrected chi connectivity index (χ3v) is 2.48. The number of carbonyl (C=O) groups is 1. The topological polar surface area (TPSA) is 74.0 Å². The summed E-state index contributed by atoms with van der Waals surface area (Å²) in [5.74, 6) is -0.218. The summed E-state index contributed by atoms with van der Waals surface area (Å²) >= 11 is 0. The monoisotopic (exact) mass is 275 g/mol. The molecule has 2 aromatic heterocycles. The number of aryl methyl sites for hydroxylation is 1. The highest BCUT2D eigenvalue weighted by molar-refractivity contribution is 6.01. The number of hydrogen-bond donors (Lipinski definition) is 1. The molecule has 106 valence electrons. The molecule has 2 rings (SSSR count). The molecule has 0 radical (unpaired) electrons. The Kier molecular flexibility index (Phi) is 4.67. The molecule has 7 heteroatoms. The van der Waals surface area contributed by atoms with E-state index in [9.17, 15) is 4.79 Å². The largest absolute Gasteiger partial charge is 0.360 e. The maximum atomic E-state index is 11.7. The lowest BCUT2D eigenvalue weighted by Gasteiger charge is -1.99. The zero-order chi connectivity index (χ0) is 14.4.